The molecule has 0 saturated carbocycles. The van der Waals surface area contributed by atoms with Crippen molar-refractivity contribution in [2.45, 2.75) is 29.0 Å². The van der Waals surface area contributed by atoms with Crippen LogP contribution in [0.4, 0.5) is 0 Å². The highest BCUT2D eigenvalue weighted by Gasteiger charge is 2.47. The molecule has 12 heteroatoms. The Morgan fingerprint density at radius 2 is 0.971 bits per heavy atom. The zero-order valence-electron chi connectivity index (χ0n) is 19.4. The summed E-state index contributed by atoms with van der Waals surface area (Å²) < 4.78 is 26.0. The van der Waals surface area contributed by atoms with E-state index in [1.807, 2.05) is 0 Å². The summed E-state index contributed by atoms with van der Waals surface area (Å²) in [7, 11) is 0. The van der Waals surface area contributed by atoms with Crippen LogP contribution in [0.3, 0.4) is 0 Å². The molecule has 0 aliphatic rings. The van der Waals surface area contributed by atoms with Gasteiger partial charge in [-0.25, -0.2) is 24.0 Å². The first-order valence-corrected chi connectivity index (χ1v) is 12.4. The molecular weight excluding hydrogens is 500 g/mol. The molecule has 0 aromatic carbocycles. The highest BCUT2D eigenvalue weighted by Crippen LogP contribution is 2.31. The summed E-state index contributed by atoms with van der Waals surface area (Å²) in [5.74, 6) is -4.67. The molecular formula is C23H28O10S2. The molecule has 0 heterocycles. The quantitative estimate of drug-likeness (QED) is 0.119. The van der Waals surface area contributed by atoms with E-state index in [2.05, 4.69) is 32.9 Å². The molecule has 0 aromatic heterocycles. The van der Waals surface area contributed by atoms with Gasteiger partial charge in [0.15, 0.2) is 24.4 Å². The SMILES string of the molecule is C=CC(=O)OC[C@@H](OC(=O)C=C)[C@@H](OC(=O)C=C)[C@H](OC(=O)C=C)[C@@H](OC(=O)C=C)C(SC)SC. The van der Waals surface area contributed by atoms with Crippen LogP contribution in [0.25, 0.3) is 0 Å². The number of hydrogen-bond acceptors (Lipinski definition) is 12. The molecule has 0 spiro atoms. The number of esters is 5. The monoisotopic (exact) mass is 528 g/mol. The van der Waals surface area contributed by atoms with Crippen LogP contribution in [0.5, 0.6) is 0 Å². The lowest BCUT2D eigenvalue weighted by Crippen LogP contribution is -2.55. The first-order chi connectivity index (χ1) is 16.6. The maximum Gasteiger partial charge on any atom is 0.330 e. The highest BCUT2D eigenvalue weighted by molar-refractivity contribution is 8.16. The number of ether oxygens (including phenoxy) is 5. The molecule has 10 nitrogen and oxygen atoms in total. The predicted octanol–water partition coefficient (Wildman–Crippen LogP) is 2.16. The van der Waals surface area contributed by atoms with Crippen molar-refractivity contribution in [3.63, 3.8) is 0 Å². The second-order valence-corrected chi connectivity index (χ2v) is 8.43. The van der Waals surface area contributed by atoms with Crippen LogP contribution < -0.4 is 0 Å². The van der Waals surface area contributed by atoms with Crippen molar-refractivity contribution in [2.24, 2.45) is 0 Å². The summed E-state index contributed by atoms with van der Waals surface area (Å²) in [5.41, 5.74) is 0. The van der Waals surface area contributed by atoms with E-state index in [1.165, 1.54) is 23.5 Å². The van der Waals surface area contributed by atoms with Gasteiger partial charge in [0.1, 0.15) is 6.61 Å². The van der Waals surface area contributed by atoms with Gasteiger partial charge in [0.25, 0.3) is 0 Å². The third kappa shape index (κ3) is 11.1. The van der Waals surface area contributed by atoms with Gasteiger partial charge in [0.2, 0.25) is 0 Å². The minimum atomic E-state index is -1.64. The average molecular weight is 529 g/mol. The van der Waals surface area contributed by atoms with Crippen LogP contribution in [0.1, 0.15) is 0 Å². The Bertz CT molecular complexity index is 834. The van der Waals surface area contributed by atoms with Crippen molar-refractivity contribution in [1.82, 2.24) is 0 Å². The fourth-order valence-corrected chi connectivity index (χ4v) is 4.21. The summed E-state index contributed by atoms with van der Waals surface area (Å²) in [5, 5.41) is 0. The van der Waals surface area contributed by atoms with Gasteiger partial charge >= 0.3 is 29.8 Å². The Hall–Kier alpha value is -3.25. The fourth-order valence-electron chi connectivity index (χ4n) is 2.48. The van der Waals surface area contributed by atoms with Crippen LogP contribution in [-0.4, -0.2) is 78.0 Å². The fraction of sp³-hybridized carbons (Fsp3) is 0.348. The Kier molecular flexibility index (Phi) is 15.6. The number of thioether (sulfide) groups is 2. The molecule has 0 N–H and O–H groups in total. The maximum atomic E-state index is 12.3. The van der Waals surface area contributed by atoms with Gasteiger partial charge in [0, 0.05) is 30.4 Å². The molecule has 4 atom stereocenters. The zero-order valence-corrected chi connectivity index (χ0v) is 21.0. The van der Waals surface area contributed by atoms with Gasteiger partial charge < -0.3 is 23.7 Å². The van der Waals surface area contributed by atoms with Crippen LogP contribution in [0.2, 0.25) is 0 Å². The molecule has 35 heavy (non-hydrogen) atoms. The lowest BCUT2D eigenvalue weighted by molar-refractivity contribution is -0.197. The average Bonchev–Trinajstić information content (AvgIpc) is 2.87. The van der Waals surface area contributed by atoms with Gasteiger partial charge in [-0.3, -0.25) is 0 Å². The van der Waals surface area contributed by atoms with Crippen LogP contribution in [0, 0.1) is 0 Å². The lowest BCUT2D eigenvalue weighted by Gasteiger charge is -2.37. The third-order valence-electron chi connectivity index (χ3n) is 3.99. The van der Waals surface area contributed by atoms with E-state index in [-0.39, 0.29) is 0 Å². The van der Waals surface area contributed by atoms with Crippen LogP contribution >= 0.6 is 23.5 Å². The van der Waals surface area contributed by atoms with Crippen molar-refractivity contribution < 1.29 is 47.7 Å². The summed E-state index contributed by atoms with van der Waals surface area (Å²) in [6, 6.07) is 0. The molecule has 0 saturated heterocycles. The third-order valence-corrected chi connectivity index (χ3v) is 6.61. The van der Waals surface area contributed by atoms with Crippen molar-refractivity contribution in [1.29, 1.82) is 0 Å². The Balaban J connectivity index is 6.84. The smallest absolute Gasteiger partial charge is 0.330 e. The molecule has 0 aliphatic carbocycles. The second kappa shape index (κ2) is 17.2. The Labute approximate surface area is 212 Å². The number of carbonyl (C=O) groups is 5. The topological polar surface area (TPSA) is 132 Å². The van der Waals surface area contributed by atoms with E-state index in [1.54, 1.807) is 12.5 Å². The summed E-state index contributed by atoms with van der Waals surface area (Å²) in [4.78, 5) is 60.3. The van der Waals surface area contributed by atoms with Crippen molar-refractivity contribution in [3.8, 4) is 0 Å². The first kappa shape index (κ1) is 31.8. The van der Waals surface area contributed by atoms with Crippen molar-refractivity contribution in [2.75, 3.05) is 19.1 Å². The maximum absolute atomic E-state index is 12.3. The second-order valence-electron chi connectivity index (χ2n) is 6.17. The van der Waals surface area contributed by atoms with E-state index in [0.29, 0.717) is 0 Å². The largest absolute Gasteiger partial charge is 0.458 e. The molecule has 192 valence electrons. The van der Waals surface area contributed by atoms with Gasteiger partial charge in [-0.15, -0.1) is 23.5 Å². The lowest BCUT2D eigenvalue weighted by atomic mass is 10.0. The molecule has 0 rings (SSSR count). The molecule has 0 amide bonds. The van der Waals surface area contributed by atoms with Gasteiger partial charge in [-0.1, -0.05) is 32.9 Å². The first-order valence-electron chi connectivity index (χ1n) is 9.79. The molecule has 0 unspecified atom stereocenters. The van der Waals surface area contributed by atoms with Gasteiger partial charge in [-0.2, -0.15) is 0 Å². The van der Waals surface area contributed by atoms with E-state index in [0.717, 1.165) is 30.4 Å². The Morgan fingerprint density at radius 3 is 1.37 bits per heavy atom. The van der Waals surface area contributed by atoms with E-state index in [9.17, 15) is 24.0 Å². The normalized spacial score (nSPS) is 13.6. The minimum Gasteiger partial charge on any atom is -0.458 e. The Morgan fingerprint density at radius 1 is 0.600 bits per heavy atom. The van der Waals surface area contributed by atoms with Crippen LogP contribution in [0.15, 0.2) is 63.3 Å². The van der Waals surface area contributed by atoms with E-state index < -0.39 is 65.5 Å². The summed E-state index contributed by atoms with van der Waals surface area (Å²) >= 11 is 2.48. The molecule has 0 bridgehead atoms. The summed E-state index contributed by atoms with van der Waals surface area (Å²) in [6.07, 6.45) is 1.61. The summed E-state index contributed by atoms with van der Waals surface area (Å²) in [6.45, 7) is 15.9. The van der Waals surface area contributed by atoms with Crippen LogP contribution in [-0.2, 0) is 47.7 Å². The highest BCUT2D eigenvalue weighted by atomic mass is 32.2. The molecule has 0 fully saturated rings. The van der Waals surface area contributed by atoms with Crippen molar-refractivity contribution >= 4 is 53.4 Å². The zero-order chi connectivity index (χ0) is 27.0. The van der Waals surface area contributed by atoms with E-state index >= 15 is 0 Å². The molecule has 0 aromatic rings. The molecule has 0 radical (unpaired) electrons. The molecule has 0 aliphatic heterocycles. The predicted molar refractivity (Wildman–Crippen MR) is 132 cm³/mol. The number of carbonyl (C=O) groups excluding carboxylic acids is 5. The van der Waals surface area contributed by atoms with Crippen molar-refractivity contribution in [3.05, 3.63) is 63.3 Å². The number of hydrogen-bond donors (Lipinski definition) is 0. The van der Waals surface area contributed by atoms with E-state index in [4.69, 9.17) is 23.7 Å². The van der Waals surface area contributed by atoms with Gasteiger partial charge in [-0.05, 0) is 12.5 Å². The minimum absolute atomic E-state index is 0.571. The van der Waals surface area contributed by atoms with Gasteiger partial charge in [0.05, 0.1) is 4.58 Å². The standard InChI is InChI=1S/C23H28O10S2/c1-8-15(24)29-13-14(30-16(25)9-2)20(31-17(26)10-3)21(32-18(27)11-4)22(23(34-6)35-7)33-19(28)12-5/h8-12,14,20-23H,1-5,13H2,6-7H3/t14-,20-,21+,22-/m1/s1. The number of rotatable bonds is 17.